The summed E-state index contributed by atoms with van der Waals surface area (Å²) >= 11 is 0. The molecule has 0 aromatic rings. The maximum Gasteiger partial charge on any atom is 0.115 e. The number of fused-ring (bicyclic) bond motifs is 8. The van der Waals surface area contributed by atoms with Crippen molar-refractivity contribution in [1.82, 2.24) is 0 Å². The van der Waals surface area contributed by atoms with Gasteiger partial charge in [-0.1, -0.05) is 46.3 Å². The van der Waals surface area contributed by atoms with Crippen LogP contribution in [-0.2, 0) is 9.47 Å². The zero-order valence-electron chi connectivity index (χ0n) is 25.4. The molecule has 0 spiro atoms. The Kier molecular flexibility index (Phi) is 6.54. The van der Waals surface area contributed by atoms with Gasteiger partial charge in [-0.15, -0.1) is 0 Å². The molecule has 40 heavy (non-hydrogen) atoms. The molecule has 6 nitrogen and oxygen atoms in total. The van der Waals surface area contributed by atoms with Crippen LogP contribution in [0.15, 0.2) is 11.6 Å². The van der Waals surface area contributed by atoms with Crippen LogP contribution < -0.4 is 0 Å². The highest BCUT2D eigenvalue weighted by molar-refractivity contribution is 5.30. The fourth-order valence-electron chi connectivity index (χ4n) is 12.1. The van der Waals surface area contributed by atoms with E-state index in [1.165, 1.54) is 12.8 Å². The summed E-state index contributed by atoms with van der Waals surface area (Å²) in [6, 6.07) is 0. The number of aliphatic hydroxyl groups is 4. The van der Waals surface area contributed by atoms with Crippen LogP contribution in [0.1, 0.15) is 98.8 Å². The Morgan fingerprint density at radius 2 is 1.65 bits per heavy atom. The molecule has 15 unspecified atom stereocenters. The molecule has 0 radical (unpaired) electrons. The van der Waals surface area contributed by atoms with E-state index < -0.39 is 24.4 Å². The molecule has 15 atom stereocenters. The number of hydrogen-bond donors (Lipinski definition) is 4. The lowest BCUT2D eigenvalue weighted by Crippen LogP contribution is -2.63. The predicted molar refractivity (Wildman–Crippen MR) is 152 cm³/mol. The van der Waals surface area contributed by atoms with Gasteiger partial charge in [0, 0.05) is 5.41 Å². The summed E-state index contributed by atoms with van der Waals surface area (Å²) in [4.78, 5) is 0. The van der Waals surface area contributed by atoms with Crippen LogP contribution in [0, 0.1) is 51.2 Å². The molecule has 0 aromatic carbocycles. The highest BCUT2D eigenvalue weighted by Crippen LogP contribution is 2.71. The lowest BCUT2D eigenvalue weighted by Gasteiger charge is -2.67. The number of hydrogen-bond acceptors (Lipinski definition) is 6. The Morgan fingerprint density at radius 3 is 2.40 bits per heavy atom. The zero-order valence-corrected chi connectivity index (χ0v) is 25.4. The maximum atomic E-state index is 12.2. The van der Waals surface area contributed by atoms with Crippen LogP contribution in [0.2, 0.25) is 0 Å². The van der Waals surface area contributed by atoms with E-state index in [9.17, 15) is 20.4 Å². The molecule has 2 heterocycles. The van der Waals surface area contributed by atoms with Gasteiger partial charge in [-0.3, -0.25) is 0 Å². The minimum absolute atomic E-state index is 0.150. The lowest BCUT2D eigenvalue weighted by molar-refractivity contribution is -0.211. The fraction of sp³-hybridized carbons (Fsp3) is 0.941. The first-order valence-corrected chi connectivity index (χ1v) is 16.5. The molecule has 5 aliphatic carbocycles. The van der Waals surface area contributed by atoms with E-state index >= 15 is 0 Å². The molecule has 6 fully saturated rings. The summed E-state index contributed by atoms with van der Waals surface area (Å²) in [5, 5.41) is 44.1. The molecule has 2 aliphatic heterocycles. The zero-order chi connectivity index (χ0) is 28.4. The number of aliphatic hydroxyl groups excluding tert-OH is 4. The molecular formula is C34H54O6. The van der Waals surface area contributed by atoms with Crippen LogP contribution in [0.3, 0.4) is 0 Å². The van der Waals surface area contributed by atoms with Crippen molar-refractivity contribution in [3.63, 3.8) is 0 Å². The van der Waals surface area contributed by atoms with Crippen LogP contribution in [-0.4, -0.2) is 69.8 Å². The Hall–Kier alpha value is -0.500. The molecule has 7 aliphatic rings. The first-order chi connectivity index (χ1) is 18.9. The molecule has 6 heteroatoms. The predicted octanol–water partition coefficient (Wildman–Crippen LogP) is 4.62. The smallest absolute Gasteiger partial charge is 0.115 e. The van der Waals surface area contributed by atoms with Gasteiger partial charge in [0.25, 0.3) is 0 Å². The molecule has 7 rings (SSSR count). The van der Waals surface area contributed by atoms with Crippen molar-refractivity contribution in [3.05, 3.63) is 11.6 Å². The molecule has 4 saturated carbocycles. The third-order valence-electron chi connectivity index (χ3n) is 14.5. The summed E-state index contributed by atoms with van der Waals surface area (Å²) in [7, 11) is 0. The van der Waals surface area contributed by atoms with E-state index in [0.717, 1.165) is 51.4 Å². The van der Waals surface area contributed by atoms with Gasteiger partial charge in [-0.05, 0) is 110 Å². The molecular weight excluding hydrogens is 504 g/mol. The first-order valence-electron chi connectivity index (χ1n) is 16.5. The lowest BCUT2D eigenvalue weighted by atomic mass is 9.38. The topological polar surface area (TPSA) is 103 Å². The summed E-state index contributed by atoms with van der Waals surface area (Å²) in [6.07, 6.45) is 9.74. The number of rotatable bonds is 3. The fourth-order valence-corrected chi connectivity index (χ4v) is 12.1. The molecule has 0 amide bonds. The van der Waals surface area contributed by atoms with Gasteiger partial charge >= 0.3 is 0 Å². The summed E-state index contributed by atoms with van der Waals surface area (Å²) in [5.41, 5.74) is 1.99. The van der Waals surface area contributed by atoms with Crippen molar-refractivity contribution in [2.45, 2.75) is 142 Å². The second-order valence-electron chi connectivity index (χ2n) is 16.7. The van der Waals surface area contributed by atoms with E-state index in [0.29, 0.717) is 23.7 Å². The SMILES string of the molecule is CC1C(O)CCC2(C)C1CCC1(C)C3CCC4(C(O)C5OC(CO)C6OC6C5O)CCC(C)(C)CC4C3=CCC12. The minimum Gasteiger partial charge on any atom is -0.394 e. The summed E-state index contributed by atoms with van der Waals surface area (Å²) in [6.45, 7) is 12.1. The molecule has 0 bridgehead atoms. The average molecular weight is 559 g/mol. The summed E-state index contributed by atoms with van der Waals surface area (Å²) < 4.78 is 11.9. The average Bonchev–Trinajstić information content (AvgIpc) is 3.72. The van der Waals surface area contributed by atoms with Crippen molar-refractivity contribution in [3.8, 4) is 0 Å². The Bertz CT molecular complexity index is 1040. The molecule has 4 N–H and O–H groups in total. The normalized spacial score (nSPS) is 57.3. The second-order valence-corrected chi connectivity index (χ2v) is 16.7. The monoisotopic (exact) mass is 558 g/mol. The third kappa shape index (κ3) is 3.81. The highest BCUT2D eigenvalue weighted by Gasteiger charge is 2.66. The van der Waals surface area contributed by atoms with Crippen molar-refractivity contribution >= 4 is 0 Å². The first kappa shape index (κ1) is 28.3. The van der Waals surface area contributed by atoms with Crippen LogP contribution in [0.5, 0.6) is 0 Å². The molecule has 0 aromatic heterocycles. The van der Waals surface area contributed by atoms with Crippen molar-refractivity contribution < 1.29 is 29.9 Å². The van der Waals surface area contributed by atoms with Crippen LogP contribution in [0.4, 0.5) is 0 Å². The van der Waals surface area contributed by atoms with E-state index in [-0.39, 0.29) is 52.5 Å². The Labute approximate surface area is 240 Å². The van der Waals surface area contributed by atoms with E-state index in [1.807, 2.05) is 0 Å². The largest absolute Gasteiger partial charge is 0.394 e. The number of epoxide rings is 1. The third-order valence-corrected chi connectivity index (χ3v) is 14.5. The molecule has 2 saturated heterocycles. The van der Waals surface area contributed by atoms with E-state index in [4.69, 9.17) is 9.47 Å². The standard InChI is InChI=1S/C34H54O6/c1-18-20-8-11-33(5)21-9-13-34(30(38)29-26(37)28-27(40-28)24(17-35)39-29)15-14-31(2,3)16-22(34)19(21)6-7-25(33)32(20,4)12-10-23(18)36/h6,18,20-30,35-38H,7-17H2,1-5H3. The Balaban J connectivity index is 1.24. The number of allylic oxidation sites excluding steroid dienone is 2. The summed E-state index contributed by atoms with van der Waals surface area (Å²) in [5.74, 6) is 2.42. The van der Waals surface area contributed by atoms with Gasteiger partial charge in [-0.25, -0.2) is 0 Å². The van der Waals surface area contributed by atoms with Gasteiger partial charge in [0.1, 0.15) is 30.5 Å². The van der Waals surface area contributed by atoms with Gasteiger partial charge in [0.05, 0.1) is 18.8 Å². The van der Waals surface area contributed by atoms with Crippen molar-refractivity contribution in [1.29, 1.82) is 0 Å². The molecule has 226 valence electrons. The quantitative estimate of drug-likeness (QED) is 0.298. The van der Waals surface area contributed by atoms with Gasteiger partial charge in [0.2, 0.25) is 0 Å². The maximum absolute atomic E-state index is 12.2. The second kappa shape index (κ2) is 9.25. The van der Waals surface area contributed by atoms with Crippen LogP contribution in [0.25, 0.3) is 0 Å². The van der Waals surface area contributed by atoms with E-state index in [1.54, 1.807) is 5.57 Å². The van der Waals surface area contributed by atoms with Crippen molar-refractivity contribution in [2.24, 2.45) is 51.2 Å². The van der Waals surface area contributed by atoms with Crippen molar-refractivity contribution in [2.75, 3.05) is 6.61 Å². The van der Waals surface area contributed by atoms with Gasteiger partial charge in [0.15, 0.2) is 0 Å². The van der Waals surface area contributed by atoms with E-state index in [2.05, 4.69) is 40.7 Å². The Morgan fingerprint density at radius 1 is 0.900 bits per heavy atom. The van der Waals surface area contributed by atoms with Gasteiger partial charge in [-0.2, -0.15) is 0 Å². The van der Waals surface area contributed by atoms with Crippen LogP contribution >= 0.6 is 0 Å². The number of ether oxygens (including phenoxy) is 2. The minimum atomic E-state index is -0.855. The highest BCUT2D eigenvalue weighted by atomic mass is 16.7. The van der Waals surface area contributed by atoms with Gasteiger partial charge < -0.3 is 29.9 Å².